The molecule has 2 rings (SSSR count). The SMILES string of the molecule is CC(C)Oc1ccccc1Nc1ncc(C#N)s1. The maximum absolute atomic E-state index is 8.76. The van der Waals surface area contributed by atoms with E-state index in [9.17, 15) is 0 Å². The Bertz CT molecular complexity index is 572. The summed E-state index contributed by atoms with van der Waals surface area (Å²) in [5, 5.41) is 12.6. The third kappa shape index (κ3) is 2.99. The van der Waals surface area contributed by atoms with Crippen LogP contribution in [0.15, 0.2) is 30.5 Å². The van der Waals surface area contributed by atoms with Gasteiger partial charge in [-0.3, -0.25) is 0 Å². The minimum Gasteiger partial charge on any atom is -0.489 e. The van der Waals surface area contributed by atoms with E-state index in [1.54, 1.807) is 6.20 Å². The van der Waals surface area contributed by atoms with Crippen LogP contribution in [0.4, 0.5) is 10.8 Å². The fourth-order valence-corrected chi connectivity index (χ4v) is 2.05. The molecule has 1 heterocycles. The lowest BCUT2D eigenvalue weighted by atomic mass is 10.3. The Balaban J connectivity index is 2.20. The Kier molecular flexibility index (Phi) is 3.80. The summed E-state index contributed by atoms with van der Waals surface area (Å²) in [4.78, 5) is 4.72. The predicted molar refractivity (Wildman–Crippen MR) is 72.3 cm³/mol. The lowest BCUT2D eigenvalue weighted by Gasteiger charge is -2.14. The molecule has 0 aliphatic carbocycles. The van der Waals surface area contributed by atoms with Crippen molar-refractivity contribution in [2.45, 2.75) is 20.0 Å². The molecule has 0 bridgehead atoms. The first kappa shape index (κ1) is 12.4. The molecule has 92 valence electrons. The van der Waals surface area contributed by atoms with Gasteiger partial charge in [0.1, 0.15) is 16.7 Å². The summed E-state index contributed by atoms with van der Waals surface area (Å²) < 4.78 is 5.70. The standard InChI is InChI=1S/C13H13N3OS/c1-9(2)17-12-6-4-3-5-11(12)16-13-15-8-10(7-14)18-13/h3-6,8-9H,1-2H3,(H,15,16). The molecule has 5 heteroatoms. The van der Waals surface area contributed by atoms with E-state index >= 15 is 0 Å². The zero-order chi connectivity index (χ0) is 13.0. The fourth-order valence-electron chi connectivity index (χ4n) is 1.43. The number of nitrogens with one attached hydrogen (secondary N) is 1. The van der Waals surface area contributed by atoms with E-state index < -0.39 is 0 Å². The molecule has 0 radical (unpaired) electrons. The Morgan fingerprint density at radius 3 is 2.83 bits per heavy atom. The molecule has 2 aromatic rings. The van der Waals surface area contributed by atoms with Gasteiger partial charge in [0.15, 0.2) is 5.13 Å². The van der Waals surface area contributed by atoms with E-state index in [0.717, 1.165) is 11.4 Å². The van der Waals surface area contributed by atoms with E-state index in [1.165, 1.54) is 11.3 Å². The largest absolute Gasteiger partial charge is 0.489 e. The highest BCUT2D eigenvalue weighted by molar-refractivity contribution is 7.16. The van der Waals surface area contributed by atoms with Crippen LogP contribution in [0.1, 0.15) is 18.7 Å². The van der Waals surface area contributed by atoms with Crippen LogP contribution in [0.2, 0.25) is 0 Å². The average Bonchev–Trinajstić information content (AvgIpc) is 2.79. The van der Waals surface area contributed by atoms with Gasteiger partial charge in [0.2, 0.25) is 0 Å². The van der Waals surface area contributed by atoms with Gasteiger partial charge < -0.3 is 10.1 Å². The molecule has 0 saturated carbocycles. The van der Waals surface area contributed by atoms with E-state index in [-0.39, 0.29) is 6.10 Å². The number of benzene rings is 1. The number of nitriles is 1. The first-order chi connectivity index (χ1) is 8.69. The first-order valence-electron chi connectivity index (χ1n) is 5.57. The summed E-state index contributed by atoms with van der Waals surface area (Å²) in [6, 6.07) is 9.74. The van der Waals surface area contributed by atoms with Crippen LogP contribution in [-0.2, 0) is 0 Å². The molecule has 0 saturated heterocycles. The number of anilines is 2. The highest BCUT2D eigenvalue weighted by atomic mass is 32.1. The molecular weight excluding hydrogens is 246 g/mol. The van der Waals surface area contributed by atoms with E-state index in [1.807, 2.05) is 38.1 Å². The highest BCUT2D eigenvalue weighted by Crippen LogP contribution is 2.29. The molecule has 0 aliphatic heterocycles. The molecule has 0 unspecified atom stereocenters. The average molecular weight is 259 g/mol. The van der Waals surface area contributed by atoms with Crippen LogP contribution in [-0.4, -0.2) is 11.1 Å². The zero-order valence-corrected chi connectivity index (χ0v) is 11.0. The number of rotatable bonds is 4. The smallest absolute Gasteiger partial charge is 0.188 e. The Hall–Kier alpha value is -2.06. The van der Waals surface area contributed by atoms with Crippen LogP contribution in [0.25, 0.3) is 0 Å². The number of nitrogens with zero attached hydrogens (tertiary/aromatic N) is 2. The van der Waals surface area contributed by atoms with Crippen molar-refractivity contribution in [1.29, 1.82) is 5.26 Å². The maximum atomic E-state index is 8.76. The molecule has 0 aliphatic rings. The molecule has 0 amide bonds. The van der Waals surface area contributed by atoms with Crippen molar-refractivity contribution in [1.82, 2.24) is 4.98 Å². The highest BCUT2D eigenvalue weighted by Gasteiger charge is 2.07. The summed E-state index contributed by atoms with van der Waals surface area (Å²) in [6.45, 7) is 3.96. The molecule has 1 aromatic heterocycles. The van der Waals surface area contributed by atoms with Crippen molar-refractivity contribution < 1.29 is 4.74 Å². The zero-order valence-electron chi connectivity index (χ0n) is 10.2. The number of ether oxygens (including phenoxy) is 1. The number of thiazole rings is 1. The van der Waals surface area contributed by atoms with Crippen LogP contribution in [0.3, 0.4) is 0 Å². The molecule has 18 heavy (non-hydrogen) atoms. The molecule has 0 spiro atoms. The number of para-hydroxylation sites is 2. The Morgan fingerprint density at radius 1 is 1.39 bits per heavy atom. The molecule has 4 nitrogen and oxygen atoms in total. The van der Waals surface area contributed by atoms with Gasteiger partial charge in [0, 0.05) is 0 Å². The number of aromatic nitrogens is 1. The normalized spacial score (nSPS) is 10.1. The second kappa shape index (κ2) is 5.52. The summed E-state index contributed by atoms with van der Waals surface area (Å²) in [6.07, 6.45) is 1.66. The summed E-state index contributed by atoms with van der Waals surface area (Å²) >= 11 is 1.32. The van der Waals surface area contributed by atoms with E-state index in [0.29, 0.717) is 10.0 Å². The Labute approximate surface area is 110 Å². The predicted octanol–water partition coefficient (Wildman–Crippen LogP) is 3.55. The molecule has 0 atom stereocenters. The topological polar surface area (TPSA) is 57.9 Å². The summed E-state index contributed by atoms with van der Waals surface area (Å²) in [5.74, 6) is 0.779. The van der Waals surface area contributed by atoms with Crippen LogP contribution < -0.4 is 10.1 Å². The fraction of sp³-hybridized carbons (Fsp3) is 0.231. The second-order valence-corrected chi connectivity index (χ2v) is 4.96. The van der Waals surface area contributed by atoms with Gasteiger partial charge in [-0.1, -0.05) is 23.5 Å². The minimum absolute atomic E-state index is 0.110. The lowest BCUT2D eigenvalue weighted by Crippen LogP contribution is -2.07. The molecule has 0 fully saturated rings. The van der Waals surface area contributed by atoms with E-state index in [4.69, 9.17) is 10.00 Å². The van der Waals surface area contributed by atoms with Crippen LogP contribution >= 0.6 is 11.3 Å². The van der Waals surface area contributed by atoms with Crippen molar-refractivity contribution in [3.8, 4) is 11.8 Å². The molecule has 1 N–H and O–H groups in total. The molecule has 1 aromatic carbocycles. The van der Waals surface area contributed by atoms with E-state index in [2.05, 4.69) is 16.4 Å². The Morgan fingerprint density at radius 2 is 2.17 bits per heavy atom. The van der Waals surface area contributed by atoms with Gasteiger partial charge >= 0.3 is 0 Å². The summed E-state index contributed by atoms with van der Waals surface area (Å²) in [7, 11) is 0. The van der Waals surface area contributed by atoms with Gasteiger partial charge in [-0.2, -0.15) is 5.26 Å². The molecular formula is C13H13N3OS. The lowest BCUT2D eigenvalue weighted by molar-refractivity contribution is 0.244. The third-order valence-corrected chi connectivity index (χ3v) is 2.92. The van der Waals surface area contributed by atoms with Gasteiger partial charge in [-0.05, 0) is 26.0 Å². The first-order valence-corrected chi connectivity index (χ1v) is 6.39. The quantitative estimate of drug-likeness (QED) is 0.912. The van der Waals surface area contributed by atoms with Crippen molar-refractivity contribution in [3.63, 3.8) is 0 Å². The van der Waals surface area contributed by atoms with Crippen molar-refractivity contribution in [2.24, 2.45) is 0 Å². The maximum Gasteiger partial charge on any atom is 0.188 e. The van der Waals surface area contributed by atoms with Crippen molar-refractivity contribution in [2.75, 3.05) is 5.32 Å². The number of hydrogen-bond donors (Lipinski definition) is 1. The van der Waals surface area contributed by atoms with Gasteiger partial charge in [0.25, 0.3) is 0 Å². The van der Waals surface area contributed by atoms with Crippen LogP contribution in [0, 0.1) is 11.3 Å². The third-order valence-electron chi connectivity index (χ3n) is 2.11. The summed E-state index contributed by atoms with van der Waals surface area (Å²) in [5.41, 5.74) is 0.852. The second-order valence-electron chi connectivity index (χ2n) is 3.93. The van der Waals surface area contributed by atoms with Crippen LogP contribution in [0.5, 0.6) is 5.75 Å². The van der Waals surface area contributed by atoms with Gasteiger partial charge in [0.05, 0.1) is 18.0 Å². The minimum atomic E-state index is 0.110. The van der Waals surface area contributed by atoms with Gasteiger partial charge in [-0.15, -0.1) is 0 Å². The van der Waals surface area contributed by atoms with Crippen molar-refractivity contribution >= 4 is 22.2 Å². The number of hydrogen-bond acceptors (Lipinski definition) is 5. The van der Waals surface area contributed by atoms with Gasteiger partial charge in [-0.25, -0.2) is 4.98 Å². The van der Waals surface area contributed by atoms with Crippen molar-refractivity contribution in [3.05, 3.63) is 35.3 Å². The monoisotopic (exact) mass is 259 g/mol.